The molecule has 0 spiro atoms. The lowest BCUT2D eigenvalue weighted by Gasteiger charge is -2.17. The van der Waals surface area contributed by atoms with E-state index >= 15 is 0 Å². The van der Waals surface area contributed by atoms with E-state index in [2.05, 4.69) is 10.3 Å². The maximum atomic E-state index is 12.3. The number of halogens is 2. The summed E-state index contributed by atoms with van der Waals surface area (Å²) in [5, 5.41) is 2.97. The molecule has 1 fully saturated rings. The summed E-state index contributed by atoms with van der Waals surface area (Å²) in [5.41, 5.74) is 7.98. The smallest absolute Gasteiger partial charge is 0.227 e. The summed E-state index contributed by atoms with van der Waals surface area (Å²) in [4.78, 5) is 16.6. The van der Waals surface area contributed by atoms with Gasteiger partial charge >= 0.3 is 0 Å². The lowest BCUT2D eigenvalue weighted by Crippen LogP contribution is -2.29. The van der Waals surface area contributed by atoms with Crippen molar-refractivity contribution in [3.05, 3.63) is 24.1 Å². The van der Waals surface area contributed by atoms with Crippen molar-refractivity contribution < 1.29 is 9.21 Å². The summed E-state index contributed by atoms with van der Waals surface area (Å²) in [7, 11) is 0. The molecule has 3 N–H and O–H groups in total. The van der Waals surface area contributed by atoms with Gasteiger partial charge in [-0.2, -0.15) is 0 Å². The summed E-state index contributed by atoms with van der Waals surface area (Å²) in [6.45, 7) is 2.39. The van der Waals surface area contributed by atoms with E-state index in [1.807, 2.05) is 25.1 Å². The molecule has 2 aromatic rings. The summed E-state index contributed by atoms with van der Waals surface area (Å²) < 4.78 is 5.48. The van der Waals surface area contributed by atoms with E-state index in [0.29, 0.717) is 23.9 Å². The largest absolute Gasteiger partial charge is 0.441 e. The molecule has 1 aromatic carbocycles. The van der Waals surface area contributed by atoms with Crippen LogP contribution < -0.4 is 11.1 Å². The average Bonchev–Trinajstić information content (AvgIpc) is 3.02. The first-order valence-corrected chi connectivity index (χ1v) is 7.05. The fraction of sp³-hybridized carbons (Fsp3) is 0.467. The highest BCUT2D eigenvalue weighted by Gasteiger charge is 2.31. The molecule has 1 aliphatic carbocycles. The predicted molar refractivity (Wildman–Crippen MR) is 91.8 cm³/mol. The molecule has 0 saturated heterocycles. The number of rotatable bonds is 3. The fourth-order valence-electron chi connectivity index (χ4n) is 3.02. The topological polar surface area (TPSA) is 81.2 Å². The van der Waals surface area contributed by atoms with Gasteiger partial charge in [-0.25, -0.2) is 4.98 Å². The van der Waals surface area contributed by atoms with Gasteiger partial charge in [0.2, 0.25) is 5.91 Å². The molecule has 0 radical (unpaired) electrons. The Morgan fingerprint density at radius 2 is 2.18 bits per heavy atom. The summed E-state index contributed by atoms with van der Waals surface area (Å²) in [5.74, 6) is 1.04. The van der Waals surface area contributed by atoms with Crippen LogP contribution in [0.4, 0.5) is 5.69 Å². The van der Waals surface area contributed by atoms with Crippen LogP contribution in [0.2, 0.25) is 0 Å². The van der Waals surface area contributed by atoms with E-state index in [1.165, 1.54) is 0 Å². The van der Waals surface area contributed by atoms with Gasteiger partial charge in [-0.15, -0.1) is 24.8 Å². The molecule has 7 heteroatoms. The Kier molecular flexibility index (Phi) is 6.66. The third kappa shape index (κ3) is 3.72. The van der Waals surface area contributed by atoms with Gasteiger partial charge in [-0.1, -0.05) is 6.42 Å². The first-order valence-electron chi connectivity index (χ1n) is 7.05. The minimum Gasteiger partial charge on any atom is -0.441 e. The van der Waals surface area contributed by atoms with Crippen LogP contribution in [0.1, 0.15) is 25.2 Å². The van der Waals surface area contributed by atoms with Gasteiger partial charge in [0.25, 0.3) is 0 Å². The second-order valence-corrected chi connectivity index (χ2v) is 5.44. The molecule has 22 heavy (non-hydrogen) atoms. The molecule has 122 valence electrons. The van der Waals surface area contributed by atoms with Crippen molar-refractivity contribution in [3.8, 4) is 0 Å². The minimum atomic E-state index is 0. The van der Waals surface area contributed by atoms with Gasteiger partial charge in [-0.05, 0) is 37.4 Å². The van der Waals surface area contributed by atoms with Crippen molar-refractivity contribution in [1.29, 1.82) is 0 Å². The molecule has 2 atom stereocenters. The van der Waals surface area contributed by atoms with Crippen molar-refractivity contribution >= 4 is 47.5 Å². The monoisotopic (exact) mass is 345 g/mol. The van der Waals surface area contributed by atoms with Gasteiger partial charge < -0.3 is 15.5 Å². The van der Waals surface area contributed by atoms with E-state index in [-0.39, 0.29) is 36.6 Å². The first kappa shape index (κ1) is 18.7. The van der Waals surface area contributed by atoms with Gasteiger partial charge in [0.1, 0.15) is 5.52 Å². The first-order chi connectivity index (χ1) is 9.67. The number of carbonyl (C=O) groups is 1. The SMILES string of the molecule is Cc1nc2ccc(NC(=O)[C@@H]3CCC[C@@H]3CN)cc2o1.Cl.Cl. The Balaban J connectivity index is 0.00000121. The van der Waals surface area contributed by atoms with Gasteiger partial charge in [0, 0.05) is 24.6 Å². The molecule has 1 aliphatic rings. The van der Waals surface area contributed by atoms with Crippen LogP contribution in [0.25, 0.3) is 11.1 Å². The van der Waals surface area contributed by atoms with Crippen LogP contribution in [0.15, 0.2) is 22.6 Å². The number of amides is 1. The molecule has 1 amide bonds. The zero-order chi connectivity index (χ0) is 14.1. The quantitative estimate of drug-likeness (QED) is 0.894. The summed E-state index contributed by atoms with van der Waals surface area (Å²) in [6, 6.07) is 5.53. The highest BCUT2D eigenvalue weighted by molar-refractivity contribution is 5.94. The third-order valence-corrected chi connectivity index (χ3v) is 4.06. The summed E-state index contributed by atoms with van der Waals surface area (Å²) >= 11 is 0. The van der Waals surface area contributed by atoms with E-state index in [9.17, 15) is 4.79 Å². The van der Waals surface area contributed by atoms with E-state index in [0.717, 1.165) is 30.5 Å². The number of fused-ring (bicyclic) bond motifs is 1. The number of carbonyl (C=O) groups excluding carboxylic acids is 1. The second-order valence-electron chi connectivity index (χ2n) is 5.44. The Morgan fingerprint density at radius 3 is 2.91 bits per heavy atom. The van der Waals surface area contributed by atoms with E-state index < -0.39 is 0 Å². The van der Waals surface area contributed by atoms with E-state index in [4.69, 9.17) is 10.2 Å². The number of nitrogens with two attached hydrogens (primary N) is 1. The number of anilines is 1. The summed E-state index contributed by atoms with van der Waals surface area (Å²) in [6.07, 6.45) is 3.06. The fourth-order valence-corrected chi connectivity index (χ4v) is 3.02. The highest BCUT2D eigenvalue weighted by atomic mass is 35.5. The van der Waals surface area contributed by atoms with Crippen LogP contribution in [0.3, 0.4) is 0 Å². The van der Waals surface area contributed by atoms with Crippen LogP contribution in [0.5, 0.6) is 0 Å². The number of benzene rings is 1. The lowest BCUT2D eigenvalue weighted by atomic mass is 9.95. The molecule has 1 saturated carbocycles. The second kappa shape index (κ2) is 7.81. The van der Waals surface area contributed by atoms with Crippen molar-refractivity contribution in [3.63, 3.8) is 0 Å². The molecular formula is C15H21Cl2N3O2. The van der Waals surface area contributed by atoms with Crippen LogP contribution in [-0.2, 0) is 4.79 Å². The average molecular weight is 346 g/mol. The molecule has 0 aliphatic heterocycles. The Bertz CT molecular complexity index is 645. The van der Waals surface area contributed by atoms with Crippen molar-refractivity contribution in [2.75, 3.05) is 11.9 Å². The van der Waals surface area contributed by atoms with Crippen molar-refractivity contribution in [1.82, 2.24) is 4.98 Å². The number of oxazole rings is 1. The molecule has 3 rings (SSSR count). The van der Waals surface area contributed by atoms with Gasteiger partial charge in [0.05, 0.1) is 0 Å². The maximum absolute atomic E-state index is 12.3. The third-order valence-electron chi connectivity index (χ3n) is 4.06. The lowest BCUT2D eigenvalue weighted by molar-refractivity contribution is -0.120. The Labute approximate surface area is 141 Å². The maximum Gasteiger partial charge on any atom is 0.227 e. The molecule has 5 nitrogen and oxygen atoms in total. The zero-order valence-corrected chi connectivity index (χ0v) is 14.0. The number of aromatic nitrogens is 1. The predicted octanol–water partition coefficient (Wildman–Crippen LogP) is 3.29. The number of nitrogens with zero attached hydrogens (tertiary/aromatic N) is 1. The molecule has 0 unspecified atom stereocenters. The number of aryl methyl sites for hydroxylation is 1. The van der Waals surface area contributed by atoms with Crippen molar-refractivity contribution in [2.24, 2.45) is 17.6 Å². The molecule has 1 heterocycles. The van der Waals surface area contributed by atoms with Crippen LogP contribution in [-0.4, -0.2) is 17.4 Å². The normalized spacial score (nSPS) is 20.3. The standard InChI is InChI=1S/C15H19N3O2.2ClH/c1-9-17-13-6-5-11(7-14(13)20-9)18-15(19)12-4-2-3-10(12)8-16;;/h5-7,10,12H,2-4,8,16H2,1H3,(H,18,19);2*1H/t10-,12-;;/m1../s1. The van der Waals surface area contributed by atoms with Crippen LogP contribution >= 0.6 is 24.8 Å². The molecule has 0 bridgehead atoms. The minimum absolute atomic E-state index is 0. The number of hydrogen-bond acceptors (Lipinski definition) is 4. The Hall–Kier alpha value is -1.30. The Morgan fingerprint density at radius 1 is 1.41 bits per heavy atom. The zero-order valence-electron chi connectivity index (χ0n) is 12.4. The number of hydrogen-bond donors (Lipinski definition) is 2. The van der Waals surface area contributed by atoms with Gasteiger partial charge in [-0.3, -0.25) is 4.79 Å². The molecular weight excluding hydrogens is 325 g/mol. The highest BCUT2D eigenvalue weighted by Crippen LogP contribution is 2.32. The van der Waals surface area contributed by atoms with Gasteiger partial charge in [0.15, 0.2) is 11.5 Å². The van der Waals surface area contributed by atoms with Crippen molar-refractivity contribution in [2.45, 2.75) is 26.2 Å². The molecule has 1 aromatic heterocycles. The number of nitrogens with one attached hydrogen (secondary N) is 1. The van der Waals surface area contributed by atoms with E-state index in [1.54, 1.807) is 0 Å². The van der Waals surface area contributed by atoms with Crippen LogP contribution in [0, 0.1) is 18.8 Å².